The van der Waals surface area contributed by atoms with Crippen LogP contribution >= 0.6 is 0 Å². The van der Waals surface area contributed by atoms with Gasteiger partial charge in [0.15, 0.2) is 5.82 Å². The van der Waals surface area contributed by atoms with E-state index >= 15 is 0 Å². The summed E-state index contributed by atoms with van der Waals surface area (Å²) in [7, 11) is 1.58. The van der Waals surface area contributed by atoms with Crippen LogP contribution in [0.15, 0.2) is 0 Å². The van der Waals surface area contributed by atoms with Gasteiger partial charge in [-0.1, -0.05) is 0 Å². The molecular formula is C8H14N4O. The lowest BCUT2D eigenvalue weighted by Crippen LogP contribution is -2.04. The van der Waals surface area contributed by atoms with Crippen LogP contribution in [0.2, 0.25) is 0 Å². The molecule has 0 saturated carbocycles. The molecule has 0 amide bonds. The van der Waals surface area contributed by atoms with Gasteiger partial charge in [-0.3, -0.25) is 0 Å². The molecule has 0 bridgehead atoms. The molecule has 72 valence electrons. The number of hydrogen-bond acceptors (Lipinski definition) is 4. The number of aryl methyl sites for hydroxylation is 1. The maximum absolute atomic E-state index is 5.83. The number of ether oxygens (including phenoxy) is 1. The van der Waals surface area contributed by atoms with Crippen LogP contribution in [0, 0.1) is 0 Å². The van der Waals surface area contributed by atoms with Crippen LogP contribution in [0.3, 0.4) is 0 Å². The third-order valence-corrected chi connectivity index (χ3v) is 2.24. The lowest BCUT2D eigenvalue weighted by Gasteiger charge is -2.02. The van der Waals surface area contributed by atoms with Gasteiger partial charge in [-0.2, -0.15) is 0 Å². The third kappa shape index (κ3) is 1.30. The number of nitrogen functional groups attached to an aromatic ring is 1. The minimum Gasteiger partial charge on any atom is -0.478 e. The van der Waals surface area contributed by atoms with E-state index in [0.29, 0.717) is 11.6 Å². The minimum atomic E-state index is 0.518. The van der Waals surface area contributed by atoms with Gasteiger partial charge >= 0.3 is 0 Å². The van der Waals surface area contributed by atoms with Crippen molar-refractivity contribution in [3.05, 3.63) is 0 Å². The lowest BCUT2D eigenvalue weighted by molar-refractivity contribution is 0.389. The van der Waals surface area contributed by atoms with Crippen LogP contribution in [-0.2, 0) is 6.54 Å². The summed E-state index contributed by atoms with van der Waals surface area (Å²) >= 11 is 0. The normalized spacial score (nSPS) is 15.8. The number of hydrogen-bond donors (Lipinski definition) is 2. The maximum Gasteiger partial charge on any atom is 0.258 e. The Bertz CT molecular complexity index is 307. The first-order chi connectivity index (χ1) is 6.33. The van der Waals surface area contributed by atoms with Gasteiger partial charge < -0.3 is 15.8 Å². The van der Waals surface area contributed by atoms with Crippen molar-refractivity contribution >= 4 is 11.5 Å². The Morgan fingerprint density at radius 3 is 3.15 bits per heavy atom. The van der Waals surface area contributed by atoms with E-state index in [1.165, 1.54) is 0 Å². The fourth-order valence-corrected chi connectivity index (χ4v) is 1.55. The standard InChI is InChI=1S/C8H14N4O/c1-13-8-6(9)7-10-4-2-3-5-12(7)11-8/h10H,2-5,9H2,1H3. The molecule has 1 aromatic rings. The molecule has 5 nitrogen and oxygen atoms in total. The van der Waals surface area contributed by atoms with E-state index in [1.807, 2.05) is 4.68 Å². The van der Waals surface area contributed by atoms with Crippen molar-refractivity contribution in [1.29, 1.82) is 0 Å². The second-order valence-corrected chi connectivity index (χ2v) is 3.13. The molecule has 0 atom stereocenters. The molecule has 2 rings (SSSR count). The van der Waals surface area contributed by atoms with Gasteiger partial charge in [0.1, 0.15) is 5.69 Å². The highest BCUT2D eigenvalue weighted by atomic mass is 16.5. The molecule has 0 aliphatic carbocycles. The predicted molar refractivity (Wildman–Crippen MR) is 50.9 cm³/mol. The zero-order valence-electron chi connectivity index (χ0n) is 7.71. The smallest absolute Gasteiger partial charge is 0.258 e. The Morgan fingerprint density at radius 1 is 1.54 bits per heavy atom. The highest BCUT2D eigenvalue weighted by Gasteiger charge is 2.16. The summed E-state index contributed by atoms with van der Waals surface area (Å²) < 4.78 is 6.92. The number of nitrogens with two attached hydrogens (primary N) is 1. The highest BCUT2D eigenvalue weighted by Crippen LogP contribution is 2.30. The number of aromatic nitrogens is 2. The average molecular weight is 182 g/mol. The van der Waals surface area contributed by atoms with Gasteiger partial charge in [-0.25, -0.2) is 4.68 Å². The van der Waals surface area contributed by atoms with E-state index < -0.39 is 0 Å². The van der Waals surface area contributed by atoms with Crippen molar-refractivity contribution in [2.45, 2.75) is 19.4 Å². The van der Waals surface area contributed by atoms with Crippen LogP contribution in [0.1, 0.15) is 12.8 Å². The lowest BCUT2D eigenvalue weighted by atomic mass is 10.3. The van der Waals surface area contributed by atoms with E-state index in [4.69, 9.17) is 10.5 Å². The van der Waals surface area contributed by atoms with Gasteiger partial charge in [0, 0.05) is 13.1 Å². The molecular weight excluding hydrogens is 168 g/mol. The predicted octanol–water partition coefficient (Wildman–Crippen LogP) is 0.680. The van der Waals surface area contributed by atoms with Gasteiger partial charge in [0.05, 0.1) is 7.11 Å². The van der Waals surface area contributed by atoms with Crippen LogP contribution < -0.4 is 15.8 Å². The minimum absolute atomic E-state index is 0.518. The van der Waals surface area contributed by atoms with E-state index in [-0.39, 0.29) is 0 Å². The first-order valence-corrected chi connectivity index (χ1v) is 4.47. The summed E-state index contributed by atoms with van der Waals surface area (Å²) in [5.41, 5.74) is 6.45. The second-order valence-electron chi connectivity index (χ2n) is 3.13. The Morgan fingerprint density at radius 2 is 2.38 bits per heavy atom. The number of methoxy groups -OCH3 is 1. The van der Waals surface area contributed by atoms with E-state index in [0.717, 1.165) is 31.7 Å². The van der Waals surface area contributed by atoms with Crippen LogP contribution in [0.25, 0.3) is 0 Å². The summed E-state index contributed by atoms with van der Waals surface area (Å²) in [6.45, 7) is 1.87. The molecule has 5 heteroatoms. The Balaban J connectivity index is 2.38. The van der Waals surface area contributed by atoms with Crippen molar-refractivity contribution in [3.63, 3.8) is 0 Å². The Kier molecular flexibility index (Phi) is 2.00. The fraction of sp³-hybridized carbons (Fsp3) is 0.625. The molecule has 1 aromatic heterocycles. The van der Waals surface area contributed by atoms with Crippen molar-refractivity contribution in [3.8, 4) is 5.88 Å². The number of nitrogens with one attached hydrogen (secondary N) is 1. The molecule has 1 aliphatic heterocycles. The van der Waals surface area contributed by atoms with Crippen LogP contribution in [0.4, 0.5) is 11.5 Å². The van der Waals surface area contributed by atoms with Crippen LogP contribution in [0.5, 0.6) is 5.88 Å². The van der Waals surface area contributed by atoms with Crippen molar-refractivity contribution in [2.75, 3.05) is 24.7 Å². The van der Waals surface area contributed by atoms with Gasteiger partial charge in [0.25, 0.3) is 5.88 Å². The molecule has 0 spiro atoms. The molecule has 13 heavy (non-hydrogen) atoms. The number of nitrogens with zero attached hydrogens (tertiary/aromatic N) is 2. The van der Waals surface area contributed by atoms with Gasteiger partial charge in [-0.05, 0) is 12.8 Å². The topological polar surface area (TPSA) is 65.1 Å². The fourth-order valence-electron chi connectivity index (χ4n) is 1.55. The van der Waals surface area contributed by atoms with Crippen molar-refractivity contribution < 1.29 is 4.74 Å². The summed E-state index contributed by atoms with van der Waals surface area (Å²) in [6, 6.07) is 0. The first kappa shape index (κ1) is 8.22. The van der Waals surface area contributed by atoms with Gasteiger partial charge in [-0.15, -0.1) is 5.10 Å². The summed E-state index contributed by atoms with van der Waals surface area (Å²) in [4.78, 5) is 0. The van der Waals surface area contributed by atoms with Crippen molar-refractivity contribution in [1.82, 2.24) is 9.78 Å². The molecule has 0 fully saturated rings. The van der Waals surface area contributed by atoms with Gasteiger partial charge in [0.2, 0.25) is 0 Å². The molecule has 0 radical (unpaired) electrons. The molecule has 3 N–H and O–H groups in total. The van der Waals surface area contributed by atoms with E-state index in [1.54, 1.807) is 7.11 Å². The molecule has 0 saturated heterocycles. The van der Waals surface area contributed by atoms with Crippen molar-refractivity contribution in [2.24, 2.45) is 0 Å². The summed E-state index contributed by atoms with van der Waals surface area (Å²) in [6.07, 6.45) is 2.29. The number of fused-ring (bicyclic) bond motifs is 1. The Hall–Kier alpha value is -1.39. The summed E-state index contributed by atoms with van der Waals surface area (Å²) in [5, 5.41) is 7.48. The average Bonchev–Trinajstić information content (AvgIpc) is 2.37. The van der Waals surface area contributed by atoms with E-state index in [2.05, 4.69) is 10.4 Å². The summed E-state index contributed by atoms with van der Waals surface area (Å²) in [5.74, 6) is 1.42. The second kappa shape index (κ2) is 3.16. The highest BCUT2D eigenvalue weighted by molar-refractivity contribution is 5.68. The van der Waals surface area contributed by atoms with E-state index in [9.17, 15) is 0 Å². The number of rotatable bonds is 1. The number of anilines is 2. The molecule has 0 aromatic carbocycles. The van der Waals surface area contributed by atoms with Crippen LogP contribution in [-0.4, -0.2) is 23.4 Å². The Labute approximate surface area is 76.9 Å². The zero-order chi connectivity index (χ0) is 9.26. The monoisotopic (exact) mass is 182 g/mol. The largest absolute Gasteiger partial charge is 0.478 e. The first-order valence-electron chi connectivity index (χ1n) is 4.47. The SMILES string of the molecule is COc1nn2c(c1N)NCCCC2. The molecule has 0 unspecified atom stereocenters. The zero-order valence-corrected chi connectivity index (χ0v) is 7.71. The maximum atomic E-state index is 5.83. The molecule has 2 heterocycles. The third-order valence-electron chi connectivity index (χ3n) is 2.24. The quantitative estimate of drug-likeness (QED) is 0.670. The molecule has 1 aliphatic rings.